The maximum Gasteiger partial charge on any atom is 0.329 e. The maximum atomic E-state index is 10.6. The molecule has 0 unspecified atom stereocenters. The molecule has 0 bridgehead atoms. The Bertz CT molecular complexity index is 270. The number of rotatable bonds is 2. The van der Waals surface area contributed by atoms with Crippen molar-refractivity contribution in [2.24, 2.45) is 5.84 Å². The van der Waals surface area contributed by atoms with Crippen LogP contribution < -0.4 is 16.6 Å². The molecule has 0 saturated carbocycles. The van der Waals surface area contributed by atoms with E-state index in [2.05, 4.69) is 10.5 Å². The molecule has 0 aromatic carbocycles. The van der Waals surface area contributed by atoms with Crippen LogP contribution in [0.5, 0.6) is 0 Å². The summed E-state index contributed by atoms with van der Waals surface area (Å²) >= 11 is 0. The molecule has 6 heteroatoms. The van der Waals surface area contributed by atoms with Crippen LogP contribution in [0.2, 0.25) is 0 Å². The molecule has 1 aromatic rings. The average molecular weight is 170 g/mol. The predicted molar refractivity (Wildman–Crippen MR) is 40.8 cm³/mol. The van der Waals surface area contributed by atoms with Crippen molar-refractivity contribution >= 4 is 6.03 Å². The van der Waals surface area contributed by atoms with E-state index in [-0.39, 0.29) is 6.54 Å². The van der Waals surface area contributed by atoms with Crippen LogP contribution in [0.4, 0.5) is 4.79 Å². The van der Waals surface area contributed by atoms with Crippen LogP contribution in [-0.4, -0.2) is 11.2 Å². The Morgan fingerprint density at radius 3 is 3.08 bits per heavy atom. The second-order valence-electron chi connectivity index (χ2n) is 2.26. The summed E-state index contributed by atoms with van der Waals surface area (Å²) in [4.78, 5) is 10.6. The number of amides is 2. The van der Waals surface area contributed by atoms with Crippen molar-refractivity contribution in [1.82, 2.24) is 15.9 Å². The summed E-state index contributed by atoms with van der Waals surface area (Å²) in [6.45, 7) is 2.08. The lowest BCUT2D eigenvalue weighted by molar-refractivity contribution is 0.239. The molecule has 2 amide bonds. The molecular formula is C6H10N4O2. The fourth-order valence-electron chi connectivity index (χ4n) is 0.718. The lowest BCUT2D eigenvalue weighted by Crippen LogP contribution is -2.39. The van der Waals surface area contributed by atoms with Crippen molar-refractivity contribution in [2.45, 2.75) is 13.5 Å². The SMILES string of the molecule is Cc1cc(CNC(=O)NN)on1. The van der Waals surface area contributed by atoms with E-state index in [9.17, 15) is 4.79 Å². The summed E-state index contributed by atoms with van der Waals surface area (Å²) in [6, 6.07) is 1.28. The number of hydrazine groups is 1. The van der Waals surface area contributed by atoms with E-state index in [0.29, 0.717) is 5.76 Å². The molecule has 12 heavy (non-hydrogen) atoms. The zero-order valence-electron chi connectivity index (χ0n) is 6.63. The predicted octanol–water partition coefficient (Wildman–Crippen LogP) is -0.344. The molecule has 0 atom stereocenters. The Labute approximate surface area is 69.1 Å². The van der Waals surface area contributed by atoms with Gasteiger partial charge in [-0.15, -0.1) is 0 Å². The molecule has 0 saturated heterocycles. The minimum atomic E-state index is -0.455. The molecule has 0 aliphatic carbocycles. The summed E-state index contributed by atoms with van der Waals surface area (Å²) in [6.07, 6.45) is 0. The zero-order valence-corrected chi connectivity index (χ0v) is 6.63. The smallest absolute Gasteiger partial charge is 0.329 e. The third kappa shape index (κ3) is 2.24. The summed E-state index contributed by atoms with van der Waals surface area (Å²) < 4.78 is 4.83. The van der Waals surface area contributed by atoms with Gasteiger partial charge >= 0.3 is 6.03 Å². The molecule has 0 fully saturated rings. The number of hydrogen-bond acceptors (Lipinski definition) is 4. The lowest BCUT2D eigenvalue weighted by atomic mass is 10.4. The number of aryl methyl sites for hydroxylation is 1. The number of urea groups is 1. The van der Waals surface area contributed by atoms with E-state index in [0.717, 1.165) is 5.69 Å². The van der Waals surface area contributed by atoms with Crippen molar-refractivity contribution < 1.29 is 9.32 Å². The zero-order chi connectivity index (χ0) is 8.97. The van der Waals surface area contributed by atoms with Crippen LogP contribution in [0.15, 0.2) is 10.6 Å². The third-order valence-corrected chi connectivity index (χ3v) is 1.23. The first-order chi connectivity index (χ1) is 5.72. The van der Waals surface area contributed by atoms with Gasteiger partial charge in [-0.1, -0.05) is 5.16 Å². The molecule has 0 aliphatic heterocycles. The highest BCUT2D eigenvalue weighted by Gasteiger charge is 2.01. The first-order valence-corrected chi connectivity index (χ1v) is 3.39. The van der Waals surface area contributed by atoms with Gasteiger partial charge < -0.3 is 9.84 Å². The van der Waals surface area contributed by atoms with Crippen molar-refractivity contribution in [3.05, 3.63) is 17.5 Å². The van der Waals surface area contributed by atoms with Crippen LogP contribution in [0.25, 0.3) is 0 Å². The maximum absolute atomic E-state index is 10.6. The summed E-state index contributed by atoms with van der Waals surface area (Å²) in [5, 5.41) is 6.10. The largest absolute Gasteiger partial charge is 0.359 e. The number of hydrogen-bond donors (Lipinski definition) is 3. The third-order valence-electron chi connectivity index (χ3n) is 1.23. The Balaban J connectivity index is 2.38. The Morgan fingerprint density at radius 2 is 2.58 bits per heavy atom. The van der Waals surface area contributed by atoms with Gasteiger partial charge in [-0.05, 0) is 6.92 Å². The van der Waals surface area contributed by atoms with Gasteiger partial charge in [0.05, 0.1) is 12.2 Å². The second-order valence-corrected chi connectivity index (χ2v) is 2.26. The molecule has 6 nitrogen and oxygen atoms in total. The van der Waals surface area contributed by atoms with Gasteiger partial charge in [-0.2, -0.15) is 0 Å². The van der Waals surface area contributed by atoms with E-state index in [1.807, 2.05) is 5.43 Å². The van der Waals surface area contributed by atoms with Crippen molar-refractivity contribution in [3.8, 4) is 0 Å². The number of carbonyl (C=O) groups excluding carboxylic acids is 1. The van der Waals surface area contributed by atoms with Crippen LogP contribution in [0.1, 0.15) is 11.5 Å². The summed E-state index contributed by atoms with van der Waals surface area (Å²) in [7, 11) is 0. The average Bonchev–Trinajstić information content (AvgIpc) is 2.47. The molecule has 0 radical (unpaired) electrons. The molecular weight excluding hydrogens is 160 g/mol. The van der Waals surface area contributed by atoms with Gasteiger partial charge in [0.1, 0.15) is 0 Å². The van der Waals surface area contributed by atoms with Crippen molar-refractivity contribution in [2.75, 3.05) is 0 Å². The summed E-state index contributed by atoms with van der Waals surface area (Å²) in [5.41, 5.74) is 2.71. The van der Waals surface area contributed by atoms with Crippen LogP contribution in [0.3, 0.4) is 0 Å². The molecule has 0 aliphatic rings. The highest BCUT2D eigenvalue weighted by Crippen LogP contribution is 2.00. The molecule has 0 spiro atoms. The number of nitrogens with two attached hydrogens (primary N) is 1. The Kier molecular flexibility index (Phi) is 2.65. The first-order valence-electron chi connectivity index (χ1n) is 3.39. The summed E-state index contributed by atoms with van der Waals surface area (Å²) in [5.74, 6) is 5.43. The van der Waals surface area contributed by atoms with Crippen LogP contribution >= 0.6 is 0 Å². The monoisotopic (exact) mass is 170 g/mol. The van der Waals surface area contributed by atoms with Crippen molar-refractivity contribution in [1.29, 1.82) is 0 Å². The van der Waals surface area contributed by atoms with E-state index < -0.39 is 6.03 Å². The van der Waals surface area contributed by atoms with Crippen LogP contribution in [-0.2, 0) is 6.54 Å². The normalized spacial score (nSPS) is 9.50. The van der Waals surface area contributed by atoms with E-state index >= 15 is 0 Å². The number of nitrogens with one attached hydrogen (secondary N) is 2. The topological polar surface area (TPSA) is 93.2 Å². The second kappa shape index (κ2) is 3.72. The van der Waals surface area contributed by atoms with E-state index in [4.69, 9.17) is 10.4 Å². The van der Waals surface area contributed by atoms with E-state index in [1.165, 1.54) is 0 Å². The molecule has 1 heterocycles. The van der Waals surface area contributed by atoms with Crippen molar-refractivity contribution in [3.63, 3.8) is 0 Å². The molecule has 66 valence electrons. The van der Waals surface area contributed by atoms with Crippen LogP contribution in [0, 0.1) is 6.92 Å². The fraction of sp³-hybridized carbons (Fsp3) is 0.333. The number of carbonyl (C=O) groups is 1. The minimum absolute atomic E-state index is 0.282. The minimum Gasteiger partial charge on any atom is -0.359 e. The highest BCUT2D eigenvalue weighted by atomic mass is 16.5. The Morgan fingerprint density at radius 1 is 1.83 bits per heavy atom. The van der Waals surface area contributed by atoms with Gasteiger partial charge in [0, 0.05) is 6.07 Å². The van der Waals surface area contributed by atoms with Gasteiger partial charge in [0.25, 0.3) is 0 Å². The fourth-order valence-corrected chi connectivity index (χ4v) is 0.718. The molecule has 4 N–H and O–H groups in total. The van der Waals surface area contributed by atoms with Gasteiger partial charge in [0.2, 0.25) is 0 Å². The van der Waals surface area contributed by atoms with Gasteiger partial charge in [0.15, 0.2) is 5.76 Å². The molecule has 1 aromatic heterocycles. The molecule has 1 rings (SSSR count). The Hall–Kier alpha value is -1.56. The van der Waals surface area contributed by atoms with Gasteiger partial charge in [-0.25, -0.2) is 10.6 Å². The quantitative estimate of drug-likeness (QED) is 0.321. The van der Waals surface area contributed by atoms with Gasteiger partial charge in [-0.3, -0.25) is 5.43 Å². The highest BCUT2D eigenvalue weighted by molar-refractivity contribution is 5.72. The number of nitrogens with zero attached hydrogens (tertiary/aromatic N) is 1. The van der Waals surface area contributed by atoms with E-state index in [1.54, 1.807) is 13.0 Å². The first kappa shape index (κ1) is 8.54. The number of aromatic nitrogens is 1. The lowest BCUT2D eigenvalue weighted by Gasteiger charge is -1.98. The standard InChI is InChI=1S/C6H10N4O2/c1-4-2-5(12-10-4)3-8-6(11)9-7/h2H,3,7H2,1H3,(H2,8,9,11).